The minimum Gasteiger partial charge on any atom is -0.379 e. The molecule has 0 unspecified atom stereocenters. The van der Waals surface area contributed by atoms with Crippen molar-refractivity contribution in [3.8, 4) is 0 Å². The fraction of sp³-hybridized carbons (Fsp3) is 0.667. The number of aromatic nitrogens is 1. The first-order chi connectivity index (χ1) is 12.2. The van der Waals surface area contributed by atoms with Crippen LogP contribution in [0.25, 0.3) is 0 Å². The van der Waals surface area contributed by atoms with E-state index >= 15 is 0 Å². The number of rotatable bonds is 3. The number of carbonyl (C=O) groups is 1. The summed E-state index contributed by atoms with van der Waals surface area (Å²) in [6.45, 7) is 7.76. The molecule has 3 aliphatic heterocycles. The smallest absolute Gasteiger partial charge is 0.256 e. The fourth-order valence-corrected chi connectivity index (χ4v) is 3.80. The molecule has 0 aromatic carbocycles. The van der Waals surface area contributed by atoms with Gasteiger partial charge in [0, 0.05) is 38.9 Å². The van der Waals surface area contributed by atoms with Crippen molar-refractivity contribution >= 4 is 17.4 Å². The molecule has 2 fully saturated rings. The molecule has 2 saturated heterocycles. The van der Waals surface area contributed by atoms with Gasteiger partial charge >= 0.3 is 0 Å². The van der Waals surface area contributed by atoms with Gasteiger partial charge in [0.2, 0.25) is 0 Å². The molecule has 4 heterocycles. The number of ether oxygens (including phenoxy) is 2. The molecule has 4 rings (SSSR count). The van der Waals surface area contributed by atoms with E-state index in [0.717, 1.165) is 69.3 Å². The third kappa shape index (κ3) is 3.63. The van der Waals surface area contributed by atoms with Crippen molar-refractivity contribution in [2.45, 2.75) is 32.0 Å². The van der Waals surface area contributed by atoms with Crippen molar-refractivity contribution < 1.29 is 14.3 Å². The lowest BCUT2D eigenvalue weighted by Crippen LogP contribution is -2.45. The summed E-state index contributed by atoms with van der Waals surface area (Å²) >= 11 is 0. The molecule has 7 heteroatoms. The highest BCUT2D eigenvalue weighted by Crippen LogP contribution is 2.31. The van der Waals surface area contributed by atoms with Crippen molar-refractivity contribution in [2.24, 2.45) is 0 Å². The normalized spacial score (nSPS) is 27.0. The van der Waals surface area contributed by atoms with Gasteiger partial charge in [-0.2, -0.15) is 0 Å². The Bertz CT molecular complexity index is 633. The van der Waals surface area contributed by atoms with Crippen molar-refractivity contribution in [1.82, 2.24) is 9.88 Å². The summed E-state index contributed by atoms with van der Waals surface area (Å²) in [5.41, 5.74) is 1.93. The van der Waals surface area contributed by atoms with Gasteiger partial charge in [-0.05, 0) is 31.4 Å². The molecule has 25 heavy (non-hydrogen) atoms. The first-order valence-corrected chi connectivity index (χ1v) is 9.18. The average molecular weight is 346 g/mol. The first-order valence-electron chi connectivity index (χ1n) is 9.18. The molecule has 0 spiro atoms. The van der Waals surface area contributed by atoms with Gasteiger partial charge in [-0.15, -0.1) is 0 Å². The van der Waals surface area contributed by atoms with Crippen molar-refractivity contribution in [3.63, 3.8) is 0 Å². The average Bonchev–Trinajstić information content (AvgIpc) is 3.10. The molecule has 0 bridgehead atoms. The van der Waals surface area contributed by atoms with Crippen molar-refractivity contribution in [2.75, 3.05) is 56.2 Å². The van der Waals surface area contributed by atoms with Crippen molar-refractivity contribution in [3.05, 3.63) is 17.8 Å². The summed E-state index contributed by atoms with van der Waals surface area (Å²) < 4.78 is 11.5. The molecule has 1 aromatic rings. The van der Waals surface area contributed by atoms with E-state index < -0.39 is 0 Å². The van der Waals surface area contributed by atoms with E-state index in [1.165, 1.54) is 0 Å². The number of anilines is 2. The van der Waals surface area contributed by atoms with E-state index in [-0.39, 0.29) is 18.1 Å². The maximum absolute atomic E-state index is 13.0. The van der Waals surface area contributed by atoms with Crippen LogP contribution in [-0.4, -0.2) is 73.9 Å². The first kappa shape index (κ1) is 16.8. The Kier molecular flexibility index (Phi) is 4.87. The number of nitrogens with one attached hydrogen (secondary N) is 1. The zero-order chi connectivity index (χ0) is 17.2. The molecule has 2 atom stereocenters. The molecule has 1 N–H and O–H groups in total. The summed E-state index contributed by atoms with van der Waals surface area (Å²) in [5, 5.41) is 3.26. The van der Waals surface area contributed by atoms with Gasteiger partial charge in [-0.1, -0.05) is 0 Å². The number of fused-ring (bicyclic) bond motifs is 1. The summed E-state index contributed by atoms with van der Waals surface area (Å²) in [4.78, 5) is 21.6. The molecular weight excluding hydrogens is 320 g/mol. The minimum absolute atomic E-state index is 0.0691. The molecule has 1 amide bonds. The van der Waals surface area contributed by atoms with Crippen molar-refractivity contribution in [1.29, 1.82) is 0 Å². The van der Waals surface area contributed by atoms with E-state index in [1.54, 1.807) is 0 Å². The van der Waals surface area contributed by atoms with Gasteiger partial charge in [-0.3, -0.25) is 9.69 Å². The molecule has 0 saturated carbocycles. The highest BCUT2D eigenvalue weighted by atomic mass is 16.5. The van der Waals surface area contributed by atoms with Gasteiger partial charge < -0.3 is 19.7 Å². The third-order valence-electron chi connectivity index (χ3n) is 5.14. The fourth-order valence-electron chi connectivity index (χ4n) is 3.80. The second kappa shape index (κ2) is 7.27. The maximum atomic E-state index is 13.0. The SMILES string of the molecule is Cc1cnc2c(c1)N(C(=O)[C@@H]1CC[C@H](CN3CCOCC3)O1)CCN2. The van der Waals surface area contributed by atoms with E-state index in [9.17, 15) is 4.79 Å². The number of hydrogen-bond donors (Lipinski definition) is 1. The van der Waals surface area contributed by atoms with Crippen LogP contribution in [0.2, 0.25) is 0 Å². The lowest BCUT2D eigenvalue weighted by Gasteiger charge is -2.32. The Morgan fingerprint density at radius 3 is 3.00 bits per heavy atom. The van der Waals surface area contributed by atoms with Gasteiger partial charge in [0.25, 0.3) is 5.91 Å². The van der Waals surface area contributed by atoms with Gasteiger partial charge in [-0.25, -0.2) is 4.98 Å². The van der Waals surface area contributed by atoms with Crippen LogP contribution in [0.3, 0.4) is 0 Å². The quantitative estimate of drug-likeness (QED) is 0.882. The van der Waals surface area contributed by atoms with Crippen LogP contribution in [-0.2, 0) is 14.3 Å². The lowest BCUT2D eigenvalue weighted by molar-refractivity contribution is -0.130. The second-order valence-electron chi connectivity index (χ2n) is 7.03. The summed E-state index contributed by atoms with van der Waals surface area (Å²) in [7, 11) is 0. The minimum atomic E-state index is -0.336. The highest BCUT2D eigenvalue weighted by molar-refractivity contribution is 5.99. The molecular formula is C18H26N4O3. The van der Waals surface area contributed by atoms with Crippen LogP contribution in [0, 0.1) is 6.92 Å². The molecule has 3 aliphatic rings. The summed E-state index contributed by atoms with van der Waals surface area (Å²) in [6.07, 6.45) is 3.37. The molecule has 7 nitrogen and oxygen atoms in total. The largest absolute Gasteiger partial charge is 0.379 e. The summed E-state index contributed by atoms with van der Waals surface area (Å²) in [6, 6.07) is 2.02. The topological polar surface area (TPSA) is 66.9 Å². The van der Waals surface area contributed by atoms with Gasteiger partial charge in [0.05, 0.1) is 25.0 Å². The Morgan fingerprint density at radius 1 is 1.32 bits per heavy atom. The molecule has 0 radical (unpaired) electrons. The predicted molar refractivity (Wildman–Crippen MR) is 95.0 cm³/mol. The highest BCUT2D eigenvalue weighted by Gasteiger charge is 2.36. The van der Waals surface area contributed by atoms with Crippen LogP contribution in [0.4, 0.5) is 11.5 Å². The predicted octanol–water partition coefficient (Wildman–Crippen LogP) is 1.03. The number of carbonyl (C=O) groups excluding carboxylic acids is 1. The Morgan fingerprint density at radius 2 is 2.16 bits per heavy atom. The standard InChI is InChI=1S/C18H26N4O3/c1-13-10-15-17(20-11-13)19-4-5-22(15)18(23)16-3-2-14(25-16)12-21-6-8-24-9-7-21/h10-11,14,16H,2-9,12H2,1H3,(H,19,20)/t14-,16+/m1/s1. The molecule has 1 aromatic heterocycles. The number of pyridine rings is 1. The lowest BCUT2D eigenvalue weighted by atomic mass is 10.1. The number of amides is 1. The zero-order valence-corrected chi connectivity index (χ0v) is 14.7. The van der Waals surface area contributed by atoms with E-state index in [4.69, 9.17) is 9.47 Å². The third-order valence-corrected chi connectivity index (χ3v) is 5.14. The van der Waals surface area contributed by atoms with Crippen LogP contribution in [0.1, 0.15) is 18.4 Å². The number of morpholine rings is 1. The Hall–Kier alpha value is -1.70. The Labute approximate surface area is 148 Å². The van der Waals surface area contributed by atoms with E-state index in [1.807, 2.05) is 24.1 Å². The molecule has 136 valence electrons. The van der Waals surface area contributed by atoms with Crippen LogP contribution >= 0.6 is 0 Å². The van der Waals surface area contributed by atoms with Gasteiger partial charge in [0.1, 0.15) is 11.9 Å². The molecule has 0 aliphatic carbocycles. The van der Waals surface area contributed by atoms with Crippen LogP contribution < -0.4 is 10.2 Å². The van der Waals surface area contributed by atoms with Crippen LogP contribution in [0.5, 0.6) is 0 Å². The maximum Gasteiger partial charge on any atom is 0.256 e. The summed E-state index contributed by atoms with van der Waals surface area (Å²) in [5.74, 6) is 0.854. The van der Waals surface area contributed by atoms with Gasteiger partial charge in [0.15, 0.2) is 0 Å². The number of nitrogens with zero attached hydrogens (tertiary/aromatic N) is 3. The monoisotopic (exact) mass is 346 g/mol. The number of hydrogen-bond acceptors (Lipinski definition) is 6. The van der Waals surface area contributed by atoms with E-state index in [2.05, 4.69) is 15.2 Å². The zero-order valence-electron chi connectivity index (χ0n) is 14.7. The Balaban J connectivity index is 1.40. The second-order valence-corrected chi connectivity index (χ2v) is 7.03. The van der Waals surface area contributed by atoms with E-state index in [0.29, 0.717) is 6.54 Å². The number of aryl methyl sites for hydroxylation is 1. The van der Waals surface area contributed by atoms with Crippen LogP contribution in [0.15, 0.2) is 12.3 Å².